The topological polar surface area (TPSA) is 77.2 Å². The van der Waals surface area contributed by atoms with Gasteiger partial charge in [-0.2, -0.15) is 0 Å². The van der Waals surface area contributed by atoms with E-state index in [1.54, 1.807) is 36.5 Å². The van der Waals surface area contributed by atoms with Crippen molar-refractivity contribution in [2.24, 2.45) is 0 Å². The van der Waals surface area contributed by atoms with Crippen LogP contribution in [0, 0.1) is 0 Å². The molecule has 0 saturated heterocycles. The Labute approximate surface area is 105 Å². The maximum atomic E-state index is 11.9. The highest BCUT2D eigenvalue weighted by molar-refractivity contribution is 6.04. The predicted molar refractivity (Wildman–Crippen MR) is 69.6 cm³/mol. The largest absolute Gasteiger partial charge is 0.494 e. The quantitative estimate of drug-likeness (QED) is 0.807. The summed E-state index contributed by atoms with van der Waals surface area (Å²) in [5, 5.41) is 2.75. The predicted octanol–water partition coefficient (Wildman–Crippen LogP) is 1.92. The number of aromatic nitrogens is 1. The van der Waals surface area contributed by atoms with Crippen LogP contribution in [0.1, 0.15) is 10.4 Å². The number of benzene rings is 1. The van der Waals surface area contributed by atoms with Gasteiger partial charge in [0, 0.05) is 24.1 Å². The van der Waals surface area contributed by atoms with Gasteiger partial charge in [-0.25, -0.2) is 0 Å². The zero-order chi connectivity index (χ0) is 13.0. The number of nitrogen functional groups attached to an aromatic ring is 1. The van der Waals surface area contributed by atoms with E-state index in [0.717, 1.165) is 0 Å². The van der Waals surface area contributed by atoms with Gasteiger partial charge in [0.25, 0.3) is 5.91 Å². The Morgan fingerprint density at radius 3 is 2.89 bits per heavy atom. The van der Waals surface area contributed by atoms with Crippen LogP contribution in [0.25, 0.3) is 0 Å². The first kappa shape index (κ1) is 11.9. The van der Waals surface area contributed by atoms with Gasteiger partial charge in [-0.3, -0.25) is 9.78 Å². The number of methoxy groups -OCH3 is 1. The third-order valence-corrected chi connectivity index (χ3v) is 2.40. The van der Waals surface area contributed by atoms with E-state index in [1.165, 1.54) is 13.3 Å². The van der Waals surface area contributed by atoms with Crippen molar-refractivity contribution < 1.29 is 9.53 Å². The maximum absolute atomic E-state index is 11.9. The Morgan fingerprint density at radius 2 is 2.22 bits per heavy atom. The first-order chi connectivity index (χ1) is 8.70. The average Bonchev–Trinajstić information content (AvgIpc) is 2.41. The lowest BCUT2D eigenvalue weighted by Crippen LogP contribution is -2.12. The van der Waals surface area contributed by atoms with E-state index in [-0.39, 0.29) is 5.91 Å². The molecule has 0 atom stereocenters. The fourth-order valence-corrected chi connectivity index (χ4v) is 1.50. The van der Waals surface area contributed by atoms with Gasteiger partial charge in [-0.15, -0.1) is 0 Å². The average molecular weight is 243 g/mol. The lowest BCUT2D eigenvalue weighted by atomic mass is 10.2. The van der Waals surface area contributed by atoms with E-state index < -0.39 is 0 Å². The first-order valence-electron chi connectivity index (χ1n) is 5.35. The highest BCUT2D eigenvalue weighted by Gasteiger charge is 2.09. The highest BCUT2D eigenvalue weighted by Crippen LogP contribution is 2.26. The van der Waals surface area contributed by atoms with Gasteiger partial charge in [0.15, 0.2) is 0 Å². The van der Waals surface area contributed by atoms with Gasteiger partial charge >= 0.3 is 0 Å². The minimum absolute atomic E-state index is 0.244. The number of anilines is 2. The van der Waals surface area contributed by atoms with Crippen molar-refractivity contribution in [1.29, 1.82) is 0 Å². The van der Waals surface area contributed by atoms with Crippen molar-refractivity contribution in [2.45, 2.75) is 0 Å². The number of nitrogens with zero attached hydrogens (tertiary/aromatic N) is 1. The van der Waals surface area contributed by atoms with E-state index in [2.05, 4.69) is 10.3 Å². The molecule has 1 heterocycles. The summed E-state index contributed by atoms with van der Waals surface area (Å²) in [5.74, 6) is 0.276. The molecule has 1 aromatic carbocycles. The number of rotatable bonds is 3. The second-order valence-corrected chi connectivity index (χ2v) is 3.66. The number of carbonyl (C=O) groups excluding carboxylic acids is 1. The van der Waals surface area contributed by atoms with E-state index >= 15 is 0 Å². The summed E-state index contributed by atoms with van der Waals surface area (Å²) in [6, 6.07) is 8.43. The number of hydrogen-bond donors (Lipinski definition) is 2. The Morgan fingerprint density at radius 1 is 1.39 bits per heavy atom. The van der Waals surface area contributed by atoms with Gasteiger partial charge in [0.05, 0.1) is 18.4 Å². The summed E-state index contributed by atoms with van der Waals surface area (Å²) in [6.07, 6.45) is 3.11. The summed E-state index contributed by atoms with van der Waals surface area (Å²) < 4.78 is 5.15. The van der Waals surface area contributed by atoms with Crippen LogP contribution in [0.2, 0.25) is 0 Å². The van der Waals surface area contributed by atoms with Crippen LogP contribution in [0.15, 0.2) is 42.7 Å². The minimum Gasteiger partial charge on any atom is -0.494 e. The van der Waals surface area contributed by atoms with Crippen LogP contribution in [0.5, 0.6) is 5.75 Å². The Balaban J connectivity index is 2.22. The highest BCUT2D eigenvalue weighted by atomic mass is 16.5. The number of ether oxygens (including phenoxy) is 1. The van der Waals surface area contributed by atoms with Crippen LogP contribution in [-0.4, -0.2) is 18.0 Å². The van der Waals surface area contributed by atoms with Gasteiger partial charge in [0.1, 0.15) is 5.75 Å². The lowest BCUT2D eigenvalue weighted by Gasteiger charge is -2.10. The maximum Gasteiger partial charge on any atom is 0.257 e. The molecule has 0 aliphatic rings. The van der Waals surface area contributed by atoms with Crippen LogP contribution < -0.4 is 15.8 Å². The monoisotopic (exact) mass is 243 g/mol. The van der Waals surface area contributed by atoms with Crippen molar-refractivity contribution >= 4 is 17.3 Å². The molecule has 0 spiro atoms. The molecular formula is C13H13N3O2. The normalized spacial score (nSPS) is 9.83. The smallest absolute Gasteiger partial charge is 0.257 e. The van der Waals surface area contributed by atoms with Crippen LogP contribution in [-0.2, 0) is 0 Å². The molecule has 0 radical (unpaired) electrons. The summed E-state index contributed by atoms with van der Waals surface area (Å²) in [4.78, 5) is 15.8. The summed E-state index contributed by atoms with van der Waals surface area (Å²) >= 11 is 0. The van der Waals surface area contributed by atoms with Crippen molar-refractivity contribution in [3.63, 3.8) is 0 Å². The Hall–Kier alpha value is -2.56. The van der Waals surface area contributed by atoms with E-state index in [0.29, 0.717) is 22.7 Å². The third-order valence-electron chi connectivity index (χ3n) is 2.40. The molecule has 0 saturated carbocycles. The minimum atomic E-state index is -0.244. The number of carbonyl (C=O) groups is 1. The molecule has 92 valence electrons. The number of amides is 1. The molecule has 5 heteroatoms. The number of nitrogens with two attached hydrogens (primary N) is 1. The standard InChI is InChI=1S/C13H13N3O2/c1-18-12-7-10(14)4-5-11(12)16-13(17)9-3-2-6-15-8-9/h2-8H,14H2,1H3,(H,16,17). The van der Waals surface area contributed by atoms with Gasteiger partial charge in [-0.1, -0.05) is 0 Å². The van der Waals surface area contributed by atoms with Crippen molar-refractivity contribution in [3.05, 3.63) is 48.3 Å². The van der Waals surface area contributed by atoms with Crippen molar-refractivity contribution in [1.82, 2.24) is 4.98 Å². The second-order valence-electron chi connectivity index (χ2n) is 3.66. The first-order valence-corrected chi connectivity index (χ1v) is 5.35. The molecule has 2 rings (SSSR count). The van der Waals surface area contributed by atoms with Gasteiger partial charge in [0.2, 0.25) is 0 Å². The number of pyridine rings is 1. The summed E-state index contributed by atoms with van der Waals surface area (Å²) in [7, 11) is 1.52. The Bertz CT molecular complexity index is 555. The number of hydrogen-bond acceptors (Lipinski definition) is 4. The molecule has 18 heavy (non-hydrogen) atoms. The molecule has 0 unspecified atom stereocenters. The Kier molecular flexibility index (Phi) is 3.43. The third kappa shape index (κ3) is 2.57. The molecular weight excluding hydrogens is 230 g/mol. The van der Waals surface area contributed by atoms with Crippen LogP contribution in [0.4, 0.5) is 11.4 Å². The van der Waals surface area contributed by atoms with Gasteiger partial charge < -0.3 is 15.8 Å². The summed E-state index contributed by atoms with van der Waals surface area (Å²) in [6.45, 7) is 0. The molecule has 3 N–H and O–H groups in total. The second kappa shape index (κ2) is 5.18. The SMILES string of the molecule is COc1cc(N)ccc1NC(=O)c1cccnc1. The molecule has 0 aliphatic carbocycles. The van der Waals surface area contributed by atoms with Crippen molar-refractivity contribution in [2.75, 3.05) is 18.2 Å². The van der Waals surface area contributed by atoms with E-state index in [1.807, 2.05) is 0 Å². The molecule has 0 fully saturated rings. The van der Waals surface area contributed by atoms with Gasteiger partial charge in [-0.05, 0) is 24.3 Å². The van der Waals surface area contributed by atoms with Crippen LogP contribution >= 0.6 is 0 Å². The fourth-order valence-electron chi connectivity index (χ4n) is 1.50. The molecule has 5 nitrogen and oxygen atoms in total. The molecule has 0 bridgehead atoms. The zero-order valence-electron chi connectivity index (χ0n) is 9.88. The fraction of sp³-hybridized carbons (Fsp3) is 0.0769. The van der Waals surface area contributed by atoms with E-state index in [4.69, 9.17) is 10.5 Å². The molecule has 2 aromatic rings. The number of nitrogens with one attached hydrogen (secondary N) is 1. The molecule has 1 amide bonds. The van der Waals surface area contributed by atoms with Crippen LogP contribution in [0.3, 0.4) is 0 Å². The van der Waals surface area contributed by atoms with Crippen molar-refractivity contribution in [3.8, 4) is 5.75 Å². The lowest BCUT2D eigenvalue weighted by molar-refractivity contribution is 0.102. The zero-order valence-corrected chi connectivity index (χ0v) is 9.88. The van der Waals surface area contributed by atoms with E-state index in [9.17, 15) is 4.79 Å². The molecule has 1 aromatic heterocycles. The summed E-state index contributed by atoms with van der Waals surface area (Å²) in [5.41, 5.74) is 7.27. The molecule has 0 aliphatic heterocycles.